The topological polar surface area (TPSA) is 188 Å². The molecule has 2 fully saturated rings. The Balaban J connectivity index is 0.863. The van der Waals surface area contributed by atoms with Crippen LogP contribution in [0.5, 0.6) is 11.5 Å². The molecule has 0 aliphatic carbocycles. The van der Waals surface area contributed by atoms with Crippen LogP contribution in [0.3, 0.4) is 0 Å². The summed E-state index contributed by atoms with van der Waals surface area (Å²) in [4.78, 5) is 30.0. The lowest BCUT2D eigenvalue weighted by Crippen LogP contribution is -2.45. The van der Waals surface area contributed by atoms with Crippen molar-refractivity contribution in [3.63, 3.8) is 0 Å². The van der Waals surface area contributed by atoms with Gasteiger partial charge in [0, 0.05) is 25.6 Å². The minimum atomic E-state index is -2.29. The van der Waals surface area contributed by atoms with Gasteiger partial charge in [-0.3, -0.25) is 9.13 Å². The van der Waals surface area contributed by atoms with Crippen LogP contribution in [0.1, 0.15) is 101 Å². The molecule has 9 atom stereocenters. The first-order chi connectivity index (χ1) is 46.1. The second kappa shape index (κ2) is 28.7. The van der Waals surface area contributed by atoms with Crippen molar-refractivity contribution < 1.29 is 37.2 Å². The second-order valence-electron chi connectivity index (χ2n) is 25.8. The van der Waals surface area contributed by atoms with Crippen molar-refractivity contribution in [1.82, 2.24) is 43.7 Å². The van der Waals surface area contributed by atoms with E-state index in [4.69, 9.17) is 67.1 Å². The van der Waals surface area contributed by atoms with E-state index in [1.807, 2.05) is 70.9 Å². The SMILES string of the molecule is CCOC1C(OP(OC[C@H]2O[C@@H](n3cnc4c(NC(c5ccccc5)(c5ccccc5)c5ccc(OC)cc5)ncnc43)C(C)C2C)N(CC)CC)[C@H](n2cnc3c(NC(c4ccccc4)(c4ccccc4)c4ccc(OC)cc4)ncnc32)O[C@@H]1CO[Si](C)(C)C(C)(C)C. The molecule has 6 heterocycles. The van der Waals surface area contributed by atoms with E-state index in [-0.39, 0.29) is 36.2 Å². The third-order valence-electron chi connectivity index (χ3n) is 19.5. The van der Waals surface area contributed by atoms with E-state index < -0.39 is 58.7 Å². The summed E-state index contributed by atoms with van der Waals surface area (Å²) in [5.74, 6) is 2.66. The van der Waals surface area contributed by atoms with E-state index in [1.165, 1.54) is 0 Å². The molecule has 12 rings (SSSR count). The van der Waals surface area contributed by atoms with Crippen molar-refractivity contribution in [2.24, 2.45) is 11.8 Å². The summed E-state index contributed by atoms with van der Waals surface area (Å²) in [6, 6.07) is 57.9. The number of hydrogen-bond acceptors (Lipinski definition) is 17. The van der Waals surface area contributed by atoms with E-state index in [0.29, 0.717) is 53.7 Å². The first-order valence-corrected chi connectivity index (χ1v) is 36.9. The number of nitrogens with one attached hydrogen (secondary N) is 2. The highest BCUT2D eigenvalue weighted by Crippen LogP contribution is 2.52. The number of benzene rings is 6. The summed E-state index contributed by atoms with van der Waals surface area (Å²) in [6.45, 7) is 24.1. The van der Waals surface area contributed by atoms with Crippen LogP contribution in [-0.2, 0) is 38.8 Å². The van der Waals surface area contributed by atoms with E-state index in [2.05, 4.69) is 198 Å². The Morgan fingerprint density at radius 2 is 0.937 bits per heavy atom. The van der Waals surface area contributed by atoms with Crippen molar-refractivity contribution in [2.45, 2.75) is 121 Å². The van der Waals surface area contributed by atoms with Crippen LogP contribution in [0.25, 0.3) is 22.3 Å². The van der Waals surface area contributed by atoms with Gasteiger partial charge in [-0.05, 0) is 88.6 Å². The summed E-state index contributed by atoms with van der Waals surface area (Å²) in [5.41, 5.74) is 6.46. The van der Waals surface area contributed by atoms with Gasteiger partial charge in [0.25, 0.3) is 8.53 Å². The van der Waals surface area contributed by atoms with Crippen LogP contribution in [0, 0.1) is 11.8 Å². The van der Waals surface area contributed by atoms with E-state index in [0.717, 1.165) is 44.9 Å². The smallest absolute Gasteiger partial charge is 0.259 e. The van der Waals surface area contributed by atoms with Gasteiger partial charge >= 0.3 is 0 Å². The molecule has 4 aromatic heterocycles. The van der Waals surface area contributed by atoms with Crippen molar-refractivity contribution in [3.05, 3.63) is 229 Å². The predicted molar refractivity (Wildman–Crippen MR) is 375 cm³/mol. The summed E-state index contributed by atoms with van der Waals surface area (Å²) in [5, 5.41) is 7.84. The second-order valence-corrected chi connectivity index (χ2v) is 32.2. The maximum Gasteiger partial charge on any atom is 0.259 e. The number of ether oxygens (including phenoxy) is 5. The molecule has 10 aromatic rings. The van der Waals surface area contributed by atoms with Gasteiger partial charge < -0.3 is 47.8 Å². The molecule has 0 radical (unpaired) electrons. The molecule has 496 valence electrons. The van der Waals surface area contributed by atoms with Crippen LogP contribution in [-0.4, -0.2) is 124 Å². The quantitative estimate of drug-likeness (QED) is 0.0281. The van der Waals surface area contributed by atoms with Crippen molar-refractivity contribution in [2.75, 3.05) is 57.8 Å². The van der Waals surface area contributed by atoms with Gasteiger partial charge in [0.2, 0.25) is 0 Å². The normalized spacial score (nSPS) is 20.6. The minimum absolute atomic E-state index is 0.0225. The zero-order valence-corrected chi connectivity index (χ0v) is 58.3. The maximum atomic E-state index is 7.53. The number of imidazole rings is 2. The predicted octanol–water partition coefficient (Wildman–Crippen LogP) is 15.0. The number of aromatic nitrogens is 8. The Labute approximate surface area is 560 Å². The van der Waals surface area contributed by atoms with Crippen molar-refractivity contribution in [3.8, 4) is 11.5 Å². The Hall–Kier alpha value is -8.01. The number of rotatable bonds is 27. The number of nitrogens with zero attached hydrogens (tertiary/aromatic N) is 9. The van der Waals surface area contributed by atoms with E-state index in [9.17, 15) is 0 Å². The van der Waals surface area contributed by atoms with Gasteiger partial charge in [-0.1, -0.05) is 194 Å². The molecule has 0 saturated carbocycles. The highest BCUT2D eigenvalue weighted by atomic mass is 31.2. The van der Waals surface area contributed by atoms with Gasteiger partial charge in [0.1, 0.15) is 59.8 Å². The molecule has 0 spiro atoms. The fourth-order valence-electron chi connectivity index (χ4n) is 13.0. The number of methoxy groups -OCH3 is 2. The van der Waals surface area contributed by atoms with Gasteiger partial charge in [-0.2, -0.15) is 0 Å². The molecule has 21 heteroatoms. The highest BCUT2D eigenvalue weighted by Gasteiger charge is 2.52. The molecule has 5 unspecified atom stereocenters. The molecule has 19 nitrogen and oxygen atoms in total. The van der Waals surface area contributed by atoms with Gasteiger partial charge in [-0.15, -0.1) is 0 Å². The zero-order valence-electron chi connectivity index (χ0n) is 56.4. The van der Waals surface area contributed by atoms with Gasteiger partial charge in [0.15, 0.2) is 48.5 Å². The summed E-state index contributed by atoms with van der Waals surface area (Å²) in [7, 11) is -0.728. The van der Waals surface area contributed by atoms with E-state index in [1.54, 1.807) is 33.2 Å². The molecule has 0 amide bonds. The van der Waals surface area contributed by atoms with Crippen LogP contribution in [0.4, 0.5) is 11.6 Å². The molecular formula is C74H88N11O8PSi. The molecule has 2 saturated heterocycles. The number of anilines is 2. The molecular weight excluding hydrogens is 1230 g/mol. The summed E-state index contributed by atoms with van der Waals surface area (Å²) >= 11 is 0. The lowest BCUT2D eigenvalue weighted by atomic mass is 9.77. The Morgan fingerprint density at radius 1 is 0.516 bits per heavy atom. The van der Waals surface area contributed by atoms with Crippen LogP contribution < -0.4 is 20.1 Å². The van der Waals surface area contributed by atoms with Gasteiger partial charge in [0.05, 0.1) is 46.2 Å². The Bertz CT molecular complexity index is 4030. The fourth-order valence-corrected chi connectivity index (χ4v) is 15.5. The maximum absolute atomic E-state index is 7.53. The first-order valence-electron chi connectivity index (χ1n) is 32.9. The Kier molecular flexibility index (Phi) is 20.3. The number of fused-ring (bicyclic) bond motifs is 2. The zero-order chi connectivity index (χ0) is 66.5. The lowest BCUT2D eigenvalue weighted by Gasteiger charge is -2.37. The van der Waals surface area contributed by atoms with Crippen LogP contribution >= 0.6 is 8.53 Å². The molecule has 2 aliphatic rings. The summed E-state index contributed by atoms with van der Waals surface area (Å²) in [6.07, 6.45) is 3.34. The van der Waals surface area contributed by atoms with Crippen LogP contribution in [0.2, 0.25) is 18.1 Å². The molecule has 95 heavy (non-hydrogen) atoms. The van der Waals surface area contributed by atoms with Crippen LogP contribution in [0.15, 0.2) is 195 Å². The molecule has 2 aliphatic heterocycles. The summed E-state index contributed by atoms with van der Waals surface area (Å²) < 4.78 is 60.5. The number of hydrogen-bond donors (Lipinski definition) is 2. The Morgan fingerprint density at radius 3 is 1.35 bits per heavy atom. The largest absolute Gasteiger partial charge is 0.497 e. The monoisotopic (exact) mass is 1320 g/mol. The van der Waals surface area contributed by atoms with E-state index >= 15 is 0 Å². The third kappa shape index (κ3) is 13.1. The molecule has 0 bridgehead atoms. The average molecular weight is 1320 g/mol. The minimum Gasteiger partial charge on any atom is -0.497 e. The highest BCUT2D eigenvalue weighted by molar-refractivity contribution is 7.44. The fraction of sp³-hybridized carbons (Fsp3) is 0.378. The van der Waals surface area contributed by atoms with Crippen molar-refractivity contribution in [1.29, 1.82) is 0 Å². The molecule has 2 N–H and O–H groups in total. The molecule has 6 aromatic carbocycles. The lowest BCUT2D eigenvalue weighted by molar-refractivity contribution is -0.0559. The third-order valence-corrected chi connectivity index (χ3v) is 25.8. The van der Waals surface area contributed by atoms with Gasteiger partial charge in [-0.25, -0.2) is 34.6 Å². The standard InChI is InChI=1S/C74H88N11O8PSi/c1-13-83(14-2)94(89-44-60-50(4)51(5)70(91-60)84-48-79-62-66(75-46-77-68(62)84)81-73(52-28-20-16-21-29-52,53-30-22-17-23-31-53)56-36-40-58(86-9)41-37-56)93-65-64(88-15-3)61(45-90-95(11,12)72(6,7)8)92-71(65)85-49-80-63-67(76-47-78-69(63)85)82-74(54-32-24-18-25-33-54,55-34-26-19-27-35-55)57-38-42-59(87-10)43-39-57/h16-43,46-51,60-61,64-65,70-71H,13-15,44-45H2,1-12H3,(H,75,77,81)(H,76,78,82)/t50?,51?,60-,61-,64?,65?,70-,71-,94?/m1/s1. The first kappa shape index (κ1) is 67.0. The average Bonchev–Trinajstić information content (AvgIpc) is 1.77. The van der Waals surface area contributed by atoms with Crippen molar-refractivity contribution >= 4 is 50.8 Å².